The SMILES string of the molecule is COc1ccc(C(N)=S)c(NC(C)C(=O)N2CCCC2)c1. The Kier molecular flexibility index (Phi) is 5.01. The Balaban J connectivity index is 2.16. The van der Waals surface area contributed by atoms with E-state index in [2.05, 4.69) is 5.32 Å². The van der Waals surface area contributed by atoms with E-state index < -0.39 is 0 Å². The number of nitrogens with two attached hydrogens (primary N) is 1. The third kappa shape index (κ3) is 3.64. The fraction of sp³-hybridized carbons (Fsp3) is 0.467. The Labute approximate surface area is 130 Å². The molecule has 1 atom stereocenters. The average Bonchev–Trinajstić information content (AvgIpc) is 3.00. The van der Waals surface area contributed by atoms with Gasteiger partial charge in [0.05, 0.1) is 7.11 Å². The van der Waals surface area contributed by atoms with Crippen molar-refractivity contribution < 1.29 is 9.53 Å². The highest BCUT2D eigenvalue weighted by Crippen LogP contribution is 2.24. The number of hydrogen-bond donors (Lipinski definition) is 2. The van der Waals surface area contributed by atoms with Gasteiger partial charge in [0, 0.05) is 30.4 Å². The first-order valence-electron chi connectivity index (χ1n) is 7.06. The van der Waals surface area contributed by atoms with Gasteiger partial charge in [-0.05, 0) is 31.9 Å². The molecule has 2 rings (SSSR count). The van der Waals surface area contributed by atoms with Gasteiger partial charge in [0.15, 0.2) is 0 Å². The minimum Gasteiger partial charge on any atom is -0.497 e. The first-order chi connectivity index (χ1) is 10.0. The summed E-state index contributed by atoms with van der Waals surface area (Å²) in [6, 6.07) is 5.08. The summed E-state index contributed by atoms with van der Waals surface area (Å²) in [7, 11) is 1.60. The van der Waals surface area contributed by atoms with E-state index in [1.165, 1.54) is 0 Å². The molecular weight excluding hydrogens is 286 g/mol. The van der Waals surface area contributed by atoms with E-state index in [0.29, 0.717) is 16.3 Å². The van der Waals surface area contributed by atoms with Crippen LogP contribution in [-0.4, -0.2) is 42.0 Å². The van der Waals surface area contributed by atoms with Gasteiger partial charge >= 0.3 is 0 Å². The third-order valence-corrected chi connectivity index (χ3v) is 3.87. The van der Waals surface area contributed by atoms with Gasteiger partial charge in [-0.3, -0.25) is 4.79 Å². The van der Waals surface area contributed by atoms with Crippen molar-refractivity contribution in [3.8, 4) is 5.75 Å². The van der Waals surface area contributed by atoms with Crippen LogP contribution in [0, 0.1) is 0 Å². The molecule has 0 aliphatic carbocycles. The number of nitrogens with zero attached hydrogens (tertiary/aromatic N) is 1. The van der Waals surface area contributed by atoms with E-state index in [1.807, 2.05) is 17.9 Å². The Bertz CT molecular complexity index is 542. The molecule has 0 radical (unpaired) electrons. The van der Waals surface area contributed by atoms with E-state index in [1.54, 1.807) is 19.2 Å². The number of ether oxygens (including phenoxy) is 1. The van der Waals surface area contributed by atoms with Crippen LogP contribution < -0.4 is 15.8 Å². The summed E-state index contributed by atoms with van der Waals surface area (Å²) in [6.45, 7) is 3.53. The van der Waals surface area contributed by atoms with Crippen molar-refractivity contribution in [2.45, 2.75) is 25.8 Å². The Hall–Kier alpha value is -1.82. The van der Waals surface area contributed by atoms with E-state index in [9.17, 15) is 4.79 Å². The second-order valence-electron chi connectivity index (χ2n) is 5.17. The summed E-state index contributed by atoms with van der Waals surface area (Å²) in [5.74, 6) is 0.794. The molecule has 1 aromatic carbocycles. The predicted octanol–water partition coefficient (Wildman–Crippen LogP) is 1.75. The number of likely N-dealkylation sites (tertiary alicyclic amines) is 1. The summed E-state index contributed by atoms with van der Waals surface area (Å²) in [4.78, 5) is 14.5. The fourth-order valence-electron chi connectivity index (χ4n) is 2.49. The molecule has 1 heterocycles. The molecule has 0 aromatic heterocycles. The van der Waals surface area contributed by atoms with Gasteiger partial charge < -0.3 is 20.7 Å². The molecule has 6 heteroatoms. The molecule has 3 N–H and O–H groups in total. The van der Waals surface area contributed by atoms with Crippen LogP contribution in [0.25, 0.3) is 0 Å². The fourth-order valence-corrected chi connectivity index (χ4v) is 2.67. The van der Waals surface area contributed by atoms with Crippen molar-refractivity contribution in [3.63, 3.8) is 0 Å². The van der Waals surface area contributed by atoms with Gasteiger partial charge in [-0.2, -0.15) is 0 Å². The number of methoxy groups -OCH3 is 1. The second kappa shape index (κ2) is 6.76. The van der Waals surface area contributed by atoms with Gasteiger partial charge in [-0.25, -0.2) is 0 Å². The van der Waals surface area contributed by atoms with Gasteiger partial charge in [0.2, 0.25) is 5.91 Å². The smallest absolute Gasteiger partial charge is 0.244 e. The van der Waals surface area contributed by atoms with Crippen LogP contribution in [0.2, 0.25) is 0 Å². The van der Waals surface area contributed by atoms with Crippen molar-refractivity contribution in [2.24, 2.45) is 5.73 Å². The minimum atomic E-state index is -0.330. The molecule has 1 aliphatic rings. The van der Waals surface area contributed by atoms with Crippen LogP contribution in [0.4, 0.5) is 5.69 Å². The zero-order chi connectivity index (χ0) is 15.4. The van der Waals surface area contributed by atoms with Crippen molar-refractivity contribution in [1.29, 1.82) is 0 Å². The molecule has 1 amide bonds. The number of hydrogen-bond acceptors (Lipinski definition) is 4. The highest BCUT2D eigenvalue weighted by Gasteiger charge is 2.23. The van der Waals surface area contributed by atoms with Gasteiger partial charge in [-0.1, -0.05) is 12.2 Å². The van der Waals surface area contributed by atoms with Crippen LogP contribution in [0.1, 0.15) is 25.3 Å². The van der Waals surface area contributed by atoms with Crippen molar-refractivity contribution in [1.82, 2.24) is 4.90 Å². The highest BCUT2D eigenvalue weighted by atomic mass is 32.1. The molecule has 1 fully saturated rings. The topological polar surface area (TPSA) is 67.6 Å². The summed E-state index contributed by atoms with van der Waals surface area (Å²) in [5, 5.41) is 3.20. The normalized spacial score (nSPS) is 15.6. The van der Waals surface area contributed by atoms with E-state index in [0.717, 1.165) is 31.6 Å². The molecule has 21 heavy (non-hydrogen) atoms. The van der Waals surface area contributed by atoms with Crippen LogP contribution in [0.5, 0.6) is 5.75 Å². The average molecular weight is 307 g/mol. The van der Waals surface area contributed by atoms with E-state index in [-0.39, 0.29) is 11.9 Å². The molecule has 1 aromatic rings. The first-order valence-corrected chi connectivity index (χ1v) is 7.47. The lowest BCUT2D eigenvalue weighted by Crippen LogP contribution is -2.40. The van der Waals surface area contributed by atoms with Crippen molar-refractivity contribution in [3.05, 3.63) is 23.8 Å². The third-order valence-electron chi connectivity index (χ3n) is 3.65. The van der Waals surface area contributed by atoms with Crippen molar-refractivity contribution in [2.75, 3.05) is 25.5 Å². The van der Waals surface area contributed by atoms with Gasteiger partial charge in [0.25, 0.3) is 0 Å². The Morgan fingerprint density at radius 3 is 2.67 bits per heavy atom. The summed E-state index contributed by atoms with van der Waals surface area (Å²) < 4.78 is 5.21. The van der Waals surface area contributed by atoms with Gasteiger partial charge in [-0.15, -0.1) is 0 Å². The zero-order valence-corrected chi connectivity index (χ0v) is 13.2. The number of carbonyl (C=O) groups excluding carboxylic acids is 1. The molecule has 0 bridgehead atoms. The van der Waals surface area contributed by atoms with Crippen LogP contribution >= 0.6 is 12.2 Å². The summed E-state index contributed by atoms with van der Waals surface area (Å²) in [5.41, 5.74) is 7.17. The molecular formula is C15H21N3O2S. The number of benzene rings is 1. The van der Waals surface area contributed by atoms with Gasteiger partial charge in [0.1, 0.15) is 16.8 Å². The minimum absolute atomic E-state index is 0.101. The predicted molar refractivity (Wildman–Crippen MR) is 87.8 cm³/mol. The molecule has 114 valence electrons. The maximum Gasteiger partial charge on any atom is 0.244 e. The summed E-state index contributed by atoms with van der Waals surface area (Å²) >= 11 is 5.06. The quantitative estimate of drug-likeness (QED) is 0.811. The first kappa shape index (κ1) is 15.6. The summed E-state index contributed by atoms with van der Waals surface area (Å²) in [6.07, 6.45) is 2.16. The largest absolute Gasteiger partial charge is 0.497 e. The number of carbonyl (C=O) groups is 1. The Morgan fingerprint density at radius 2 is 2.10 bits per heavy atom. The standard InChI is InChI=1S/C15H21N3O2S/c1-10(15(19)18-7-3-4-8-18)17-13-9-11(20-2)5-6-12(13)14(16)21/h5-6,9-10,17H,3-4,7-8H2,1-2H3,(H2,16,21). The lowest BCUT2D eigenvalue weighted by atomic mass is 10.1. The van der Waals surface area contributed by atoms with E-state index in [4.69, 9.17) is 22.7 Å². The molecule has 1 saturated heterocycles. The van der Waals surface area contributed by atoms with E-state index >= 15 is 0 Å². The molecule has 5 nitrogen and oxygen atoms in total. The molecule has 1 aliphatic heterocycles. The monoisotopic (exact) mass is 307 g/mol. The maximum atomic E-state index is 12.4. The number of amides is 1. The van der Waals surface area contributed by atoms with Crippen molar-refractivity contribution >= 4 is 28.8 Å². The maximum absolute atomic E-state index is 12.4. The van der Waals surface area contributed by atoms with Crippen LogP contribution in [0.3, 0.4) is 0 Å². The number of nitrogens with one attached hydrogen (secondary N) is 1. The number of thiocarbonyl (C=S) groups is 1. The lowest BCUT2D eigenvalue weighted by molar-refractivity contribution is -0.130. The number of anilines is 1. The molecule has 0 saturated carbocycles. The molecule has 0 spiro atoms. The van der Waals surface area contributed by atoms with Crippen LogP contribution in [-0.2, 0) is 4.79 Å². The number of rotatable bonds is 5. The molecule has 1 unspecified atom stereocenters. The Morgan fingerprint density at radius 1 is 1.43 bits per heavy atom. The van der Waals surface area contributed by atoms with Crippen LogP contribution in [0.15, 0.2) is 18.2 Å². The highest BCUT2D eigenvalue weighted by molar-refractivity contribution is 7.80. The second-order valence-corrected chi connectivity index (χ2v) is 5.61. The zero-order valence-electron chi connectivity index (χ0n) is 12.4. The lowest BCUT2D eigenvalue weighted by Gasteiger charge is -2.23.